The van der Waals surface area contributed by atoms with E-state index in [1.807, 2.05) is 0 Å². The first-order chi connectivity index (χ1) is 14.2. The Morgan fingerprint density at radius 3 is 2.69 bits per heavy atom. The van der Waals surface area contributed by atoms with E-state index in [0.717, 1.165) is 63.9 Å². The minimum atomic E-state index is 0.236. The minimum Gasteiger partial charge on any atom is -0.378 e. The van der Waals surface area contributed by atoms with E-state index < -0.39 is 0 Å². The largest absolute Gasteiger partial charge is 0.378 e. The fourth-order valence-electron chi connectivity index (χ4n) is 4.18. The second-order valence-corrected chi connectivity index (χ2v) is 8.42. The molecule has 2 atom stereocenters. The summed E-state index contributed by atoms with van der Waals surface area (Å²) in [5.74, 6) is 2.45. The summed E-state index contributed by atoms with van der Waals surface area (Å²) in [4.78, 5) is 14.2. The number of nitrogens with zero attached hydrogens (tertiary/aromatic N) is 4. The Hall–Kier alpha value is -1.71. The third-order valence-electron chi connectivity index (χ3n) is 5.87. The lowest BCUT2D eigenvalue weighted by molar-refractivity contribution is 0.114. The molecular weight excluding hydrogens is 388 g/mol. The van der Waals surface area contributed by atoms with E-state index in [2.05, 4.69) is 33.4 Å². The van der Waals surface area contributed by atoms with Crippen LogP contribution in [-0.2, 0) is 9.47 Å². The van der Waals surface area contributed by atoms with E-state index in [9.17, 15) is 0 Å². The normalized spacial score (nSPS) is 25.1. The van der Waals surface area contributed by atoms with Crippen molar-refractivity contribution < 1.29 is 9.47 Å². The lowest BCUT2D eigenvalue weighted by atomic mass is 10.0. The molecule has 0 aliphatic carbocycles. The number of rotatable bonds is 5. The molecule has 1 aromatic rings. The molecule has 0 saturated carbocycles. The molecular formula is C20H32N6O2S. The van der Waals surface area contributed by atoms with Crippen molar-refractivity contribution >= 4 is 34.9 Å². The van der Waals surface area contributed by atoms with E-state index in [0.29, 0.717) is 23.6 Å². The molecule has 1 aromatic heterocycles. The molecule has 8 nitrogen and oxygen atoms in total. The number of piperidine rings is 1. The van der Waals surface area contributed by atoms with Gasteiger partial charge in [-0.15, -0.1) is 0 Å². The number of ether oxygens (including phenoxy) is 2. The summed E-state index contributed by atoms with van der Waals surface area (Å²) in [5.41, 5.74) is 0. The third kappa shape index (κ3) is 5.46. The van der Waals surface area contributed by atoms with Crippen LogP contribution in [0.25, 0.3) is 0 Å². The van der Waals surface area contributed by atoms with Crippen LogP contribution in [0.4, 0.5) is 17.6 Å². The second-order valence-electron chi connectivity index (χ2n) is 8.02. The Morgan fingerprint density at radius 1 is 1.10 bits per heavy atom. The summed E-state index contributed by atoms with van der Waals surface area (Å²) in [6.45, 7) is 7.99. The van der Waals surface area contributed by atoms with Crippen LogP contribution in [0.2, 0.25) is 0 Å². The molecule has 4 rings (SSSR count). The Balaban J connectivity index is 1.49. The number of nitrogens with one attached hydrogen (secondary N) is 2. The standard InChI is InChI=1S/C20H32N6O2S/c1-15-5-2-3-7-26(15)18-13-17(25-8-11-27-12-9-25)22-19(23-18)24-20(29)21-14-16-6-4-10-28-16/h13,15-16H,2-12,14H2,1H3,(H2,21,22,23,24,29)/t15-,16-/m1/s1. The van der Waals surface area contributed by atoms with Crippen LogP contribution in [0.15, 0.2) is 6.07 Å². The number of morpholine rings is 1. The van der Waals surface area contributed by atoms with Crippen LogP contribution < -0.4 is 20.4 Å². The number of hydrogen-bond donors (Lipinski definition) is 2. The molecule has 3 fully saturated rings. The van der Waals surface area contributed by atoms with Crippen molar-refractivity contribution in [2.45, 2.75) is 51.2 Å². The Kier molecular flexibility index (Phi) is 6.99. The van der Waals surface area contributed by atoms with Gasteiger partial charge in [0, 0.05) is 44.9 Å². The summed E-state index contributed by atoms with van der Waals surface area (Å²) in [6, 6.07) is 2.59. The second kappa shape index (κ2) is 9.86. The van der Waals surface area contributed by atoms with E-state index in [4.69, 9.17) is 31.7 Å². The maximum absolute atomic E-state index is 5.66. The molecule has 0 aromatic carbocycles. The zero-order chi connectivity index (χ0) is 20.1. The summed E-state index contributed by atoms with van der Waals surface area (Å²) in [6.07, 6.45) is 6.11. The molecule has 0 spiro atoms. The molecule has 3 aliphatic heterocycles. The summed E-state index contributed by atoms with van der Waals surface area (Å²) in [7, 11) is 0. The third-order valence-corrected chi connectivity index (χ3v) is 6.12. The maximum atomic E-state index is 5.66. The predicted molar refractivity (Wildman–Crippen MR) is 119 cm³/mol. The smallest absolute Gasteiger partial charge is 0.232 e. The number of thiocarbonyl (C=S) groups is 1. The van der Waals surface area contributed by atoms with Gasteiger partial charge in [-0.2, -0.15) is 9.97 Å². The van der Waals surface area contributed by atoms with Crippen LogP contribution in [-0.4, -0.2) is 73.2 Å². The van der Waals surface area contributed by atoms with Gasteiger partial charge in [0.2, 0.25) is 5.95 Å². The Morgan fingerprint density at radius 2 is 1.93 bits per heavy atom. The summed E-state index contributed by atoms with van der Waals surface area (Å²) < 4.78 is 11.2. The highest BCUT2D eigenvalue weighted by molar-refractivity contribution is 7.80. The van der Waals surface area contributed by atoms with E-state index >= 15 is 0 Å². The zero-order valence-corrected chi connectivity index (χ0v) is 18.0. The lowest BCUT2D eigenvalue weighted by Gasteiger charge is -2.35. The van der Waals surface area contributed by atoms with Gasteiger partial charge < -0.3 is 29.9 Å². The molecule has 3 aliphatic rings. The molecule has 3 saturated heterocycles. The molecule has 160 valence electrons. The average molecular weight is 421 g/mol. The van der Waals surface area contributed by atoms with Crippen LogP contribution in [0.3, 0.4) is 0 Å². The molecule has 0 amide bonds. The molecule has 0 bridgehead atoms. The van der Waals surface area contributed by atoms with Gasteiger partial charge in [0.15, 0.2) is 5.11 Å². The van der Waals surface area contributed by atoms with Crippen molar-refractivity contribution in [3.05, 3.63) is 6.07 Å². The van der Waals surface area contributed by atoms with Gasteiger partial charge in [-0.3, -0.25) is 0 Å². The predicted octanol–water partition coefficient (Wildman–Crippen LogP) is 2.16. The van der Waals surface area contributed by atoms with Crippen molar-refractivity contribution in [3.8, 4) is 0 Å². The van der Waals surface area contributed by atoms with Crippen molar-refractivity contribution in [1.82, 2.24) is 15.3 Å². The van der Waals surface area contributed by atoms with Gasteiger partial charge in [0.25, 0.3) is 0 Å². The molecule has 29 heavy (non-hydrogen) atoms. The van der Waals surface area contributed by atoms with E-state index in [1.165, 1.54) is 19.3 Å². The Bertz CT molecular complexity index is 694. The van der Waals surface area contributed by atoms with Crippen molar-refractivity contribution in [2.24, 2.45) is 0 Å². The van der Waals surface area contributed by atoms with Gasteiger partial charge in [-0.05, 0) is 51.2 Å². The van der Waals surface area contributed by atoms with Crippen LogP contribution in [0.1, 0.15) is 39.0 Å². The van der Waals surface area contributed by atoms with Crippen molar-refractivity contribution in [2.75, 3.05) is 61.1 Å². The molecule has 0 unspecified atom stereocenters. The number of hydrogen-bond acceptors (Lipinski definition) is 7. The first-order valence-electron chi connectivity index (χ1n) is 10.8. The molecule has 2 N–H and O–H groups in total. The van der Waals surface area contributed by atoms with Crippen LogP contribution in [0.5, 0.6) is 0 Å². The van der Waals surface area contributed by atoms with E-state index in [1.54, 1.807) is 0 Å². The number of anilines is 3. The topological polar surface area (TPSA) is 74.8 Å². The fourth-order valence-corrected chi connectivity index (χ4v) is 4.35. The average Bonchev–Trinajstić information content (AvgIpc) is 3.27. The van der Waals surface area contributed by atoms with Crippen LogP contribution >= 0.6 is 12.2 Å². The summed E-state index contributed by atoms with van der Waals surface area (Å²) >= 11 is 5.49. The first kappa shape index (κ1) is 20.6. The monoisotopic (exact) mass is 420 g/mol. The van der Waals surface area contributed by atoms with Gasteiger partial charge in [-0.1, -0.05) is 0 Å². The zero-order valence-electron chi connectivity index (χ0n) is 17.2. The first-order valence-corrected chi connectivity index (χ1v) is 11.2. The van der Waals surface area contributed by atoms with Gasteiger partial charge in [0.05, 0.1) is 19.3 Å². The maximum Gasteiger partial charge on any atom is 0.232 e. The van der Waals surface area contributed by atoms with Crippen molar-refractivity contribution in [3.63, 3.8) is 0 Å². The highest BCUT2D eigenvalue weighted by Gasteiger charge is 2.23. The highest BCUT2D eigenvalue weighted by Crippen LogP contribution is 2.27. The van der Waals surface area contributed by atoms with Gasteiger partial charge in [-0.25, -0.2) is 0 Å². The van der Waals surface area contributed by atoms with E-state index in [-0.39, 0.29) is 6.10 Å². The minimum absolute atomic E-state index is 0.236. The van der Waals surface area contributed by atoms with Gasteiger partial charge in [0.1, 0.15) is 11.6 Å². The quantitative estimate of drug-likeness (QED) is 0.697. The molecule has 4 heterocycles. The fraction of sp³-hybridized carbons (Fsp3) is 0.750. The van der Waals surface area contributed by atoms with Gasteiger partial charge >= 0.3 is 0 Å². The molecule has 9 heteroatoms. The molecule has 0 radical (unpaired) electrons. The van der Waals surface area contributed by atoms with Crippen LogP contribution in [0, 0.1) is 0 Å². The lowest BCUT2D eigenvalue weighted by Crippen LogP contribution is -2.40. The highest BCUT2D eigenvalue weighted by atomic mass is 32.1. The Labute approximate surface area is 178 Å². The summed E-state index contributed by atoms with van der Waals surface area (Å²) in [5, 5.41) is 6.98. The van der Waals surface area contributed by atoms with Crippen molar-refractivity contribution in [1.29, 1.82) is 0 Å². The number of aromatic nitrogens is 2. The SMILES string of the molecule is C[C@@H]1CCCCN1c1cc(N2CCOCC2)nc(NC(=S)NC[C@H]2CCCO2)n1.